The minimum Gasteiger partial charge on any atom is -0.489 e. The predicted molar refractivity (Wildman–Crippen MR) is 124 cm³/mol. The number of carbonyl (C=O) groups is 1. The number of carbonyl (C=O) groups excluding carboxylic acids is 1. The topological polar surface area (TPSA) is 62.1 Å². The molecule has 0 heterocycles. The second-order valence-electron chi connectivity index (χ2n) is 6.27. The van der Waals surface area contributed by atoms with Crippen LogP contribution in [0.4, 0.5) is 5.69 Å². The van der Waals surface area contributed by atoms with Crippen molar-refractivity contribution >= 4 is 56.8 Å². The van der Waals surface area contributed by atoms with Crippen molar-refractivity contribution < 1.29 is 9.53 Å². The molecule has 30 heavy (non-hydrogen) atoms. The van der Waals surface area contributed by atoms with E-state index in [2.05, 4.69) is 21.2 Å². The van der Waals surface area contributed by atoms with Crippen molar-refractivity contribution in [2.24, 2.45) is 0 Å². The summed E-state index contributed by atoms with van der Waals surface area (Å²) >= 11 is 15.3. The summed E-state index contributed by atoms with van der Waals surface area (Å²) in [6.45, 7) is 0.441. The molecular weight excluding hydrogens is 487 g/mol. The highest BCUT2D eigenvalue weighted by molar-refractivity contribution is 9.10. The monoisotopic (exact) mass is 500 g/mol. The van der Waals surface area contributed by atoms with E-state index >= 15 is 0 Å². The fourth-order valence-corrected chi connectivity index (χ4v) is 3.34. The summed E-state index contributed by atoms with van der Waals surface area (Å²) in [5.41, 5.74) is 2.11. The van der Waals surface area contributed by atoms with E-state index in [1.807, 2.05) is 30.3 Å². The van der Waals surface area contributed by atoms with Gasteiger partial charge >= 0.3 is 0 Å². The van der Waals surface area contributed by atoms with Crippen LogP contribution in [-0.2, 0) is 11.4 Å². The summed E-state index contributed by atoms with van der Waals surface area (Å²) in [5.74, 6) is 0.137. The van der Waals surface area contributed by atoms with Crippen LogP contribution >= 0.6 is 39.1 Å². The van der Waals surface area contributed by atoms with Gasteiger partial charge in [0.05, 0.1) is 0 Å². The first-order valence-electron chi connectivity index (χ1n) is 8.79. The Labute approximate surface area is 192 Å². The Kier molecular flexibility index (Phi) is 7.53. The first kappa shape index (κ1) is 21.9. The molecule has 0 aliphatic rings. The molecule has 4 nitrogen and oxygen atoms in total. The highest BCUT2D eigenvalue weighted by Crippen LogP contribution is 2.23. The van der Waals surface area contributed by atoms with Crippen LogP contribution in [0.1, 0.15) is 11.1 Å². The highest BCUT2D eigenvalue weighted by atomic mass is 79.9. The quantitative estimate of drug-likeness (QED) is 0.295. The molecule has 3 aromatic rings. The van der Waals surface area contributed by atoms with Gasteiger partial charge in [0.1, 0.15) is 24.0 Å². The molecule has 7 heteroatoms. The van der Waals surface area contributed by atoms with Gasteiger partial charge in [-0.05, 0) is 59.7 Å². The third-order valence-electron chi connectivity index (χ3n) is 4.00. The van der Waals surface area contributed by atoms with Gasteiger partial charge < -0.3 is 10.1 Å². The summed E-state index contributed by atoms with van der Waals surface area (Å²) in [7, 11) is 0. The Morgan fingerprint density at radius 2 is 1.67 bits per heavy atom. The lowest BCUT2D eigenvalue weighted by molar-refractivity contribution is -0.112. The number of halogens is 3. The molecule has 3 aromatic carbocycles. The zero-order chi connectivity index (χ0) is 21.5. The average Bonchev–Trinajstić information content (AvgIpc) is 2.71. The summed E-state index contributed by atoms with van der Waals surface area (Å²) in [6.07, 6.45) is 1.50. The number of rotatable bonds is 6. The van der Waals surface area contributed by atoms with E-state index in [-0.39, 0.29) is 5.57 Å². The molecule has 0 bridgehead atoms. The van der Waals surface area contributed by atoms with E-state index in [9.17, 15) is 10.1 Å². The van der Waals surface area contributed by atoms with Crippen molar-refractivity contribution in [1.82, 2.24) is 0 Å². The molecule has 0 aliphatic carbocycles. The number of nitrogens with zero attached hydrogens (tertiary/aromatic N) is 1. The maximum atomic E-state index is 12.4. The van der Waals surface area contributed by atoms with Crippen LogP contribution < -0.4 is 10.1 Å². The molecule has 0 fully saturated rings. The molecule has 0 radical (unpaired) electrons. The minimum absolute atomic E-state index is 0.0466. The first-order valence-corrected chi connectivity index (χ1v) is 10.3. The fraction of sp³-hybridized carbons (Fsp3) is 0.0435. The summed E-state index contributed by atoms with van der Waals surface area (Å²) in [6, 6.07) is 21.6. The van der Waals surface area contributed by atoms with E-state index in [4.69, 9.17) is 27.9 Å². The molecular formula is C23H15BrCl2N2O2. The number of ether oxygens (including phenoxy) is 1. The number of nitrogens with one attached hydrogen (secondary N) is 1. The number of benzene rings is 3. The highest BCUT2D eigenvalue weighted by Gasteiger charge is 2.10. The van der Waals surface area contributed by atoms with Gasteiger partial charge in [0.2, 0.25) is 0 Å². The molecule has 0 unspecified atom stereocenters. The van der Waals surface area contributed by atoms with Crippen LogP contribution in [0.15, 0.2) is 76.8 Å². The Hall–Kier alpha value is -2.78. The average molecular weight is 502 g/mol. The number of nitriles is 1. The van der Waals surface area contributed by atoms with Gasteiger partial charge in [0.25, 0.3) is 5.91 Å². The van der Waals surface area contributed by atoms with E-state index in [1.54, 1.807) is 42.5 Å². The van der Waals surface area contributed by atoms with Gasteiger partial charge in [-0.2, -0.15) is 5.26 Å². The standard InChI is InChI=1S/C23H15BrCl2N2O2/c24-18-5-1-16(2-6-18)14-30-22-7-3-15(4-8-22)9-17(13-27)23(29)28-21-11-19(25)10-20(26)12-21/h1-12H,14H2,(H,28,29)/b17-9+. The van der Waals surface area contributed by atoms with E-state index in [1.165, 1.54) is 6.08 Å². The lowest BCUT2D eigenvalue weighted by Crippen LogP contribution is -2.13. The zero-order valence-electron chi connectivity index (χ0n) is 15.5. The normalized spacial score (nSPS) is 10.9. The van der Waals surface area contributed by atoms with E-state index < -0.39 is 5.91 Å². The van der Waals surface area contributed by atoms with Crippen molar-refractivity contribution in [2.75, 3.05) is 5.32 Å². The maximum Gasteiger partial charge on any atom is 0.266 e. The number of anilines is 1. The second kappa shape index (κ2) is 10.3. The van der Waals surface area contributed by atoms with Gasteiger partial charge in [-0.1, -0.05) is 63.4 Å². The SMILES string of the molecule is N#C/C(=C\c1ccc(OCc2ccc(Br)cc2)cc1)C(=O)Nc1cc(Cl)cc(Cl)c1. The van der Waals surface area contributed by atoms with Gasteiger partial charge in [0, 0.05) is 20.2 Å². The molecule has 0 atom stereocenters. The first-order chi connectivity index (χ1) is 14.4. The molecule has 0 saturated heterocycles. The van der Waals surface area contributed by atoms with Crippen molar-refractivity contribution in [3.05, 3.63) is 97.9 Å². The van der Waals surface area contributed by atoms with Crippen LogP contribution in [0.25, 0.3) is 6.08 Å². The van der Waals surface area contributed by atoms with Gasteiger partial charge in [-0.15, -0.1) is 0 Å². The molecule has 0 spiro atoms. The van der Waals surface area contributed by atoms with E-state index in [0.29, 0.717) is 33.7 Å². The lowest BCUT2D eigenvalue weighted by Gasteiger charge is -2.07. The van der Waals surface area contributed by atoms with Crippen molar-refractivity contribution in [2.45, 2.75) is 6.61 Å². The molecule has 0 saturated carbocycles. The second-order valence-corrected chi connectivity index (χ2v) is 8.05. The number of hydrogen-bond acceptors (Lipinski definition) is 3. The Bertz CT molecular complexity index is 1100. The van der Waals surface area contributed by atoms with Crippen molar-refractivity contribution in [3.63, 3.8) is 0 Å². The number of amides is 1. The van der Waals surface area contributed by atoms with Crippen LogP contribution in [0.5, 0.6) is 5.75 Å². The Balaban J connectivity index is 1.65. The van der Waals surface area contributed by atoms with E-state index in [0.717, 1.165) is 10.0 Å². The predicted octanol–water partition coefficient (Wildman–Crippen LogP) is 6.88. The van der Waals surface area contributed by atoms with Crippen molar-refractivity contribution in [1.29, 1.82) is 5.26 Å². The van der Waals surface area contributed by atoms with Crippen LogP contribution in [0, 0.1) is 11.3 Å². The molecule has 150 valence electrons. The summed E-state index contributed by atoms with van der Waals surface area (Å²) in [5, 5.41) is 12.8. The zero-order valence-corrected chi connectivity index (χ0v) is 18.6. The van der Waals surface area contributed by atoms with Gasteiger partial charge in [-0.3, -0.25) is 4.79 Å². The molecule has 1 amide bonds. The fourth-order valence-electron chi connectivity index (χ4n) is 2.55. The van der Waals surface area contributed by atoms with Crippen LogP contribution in [-0.4, -0.2) is 5.91 Å². The molecule has 1 N–H and O–H groups in total. The summed E-state index contributed by atoms with van der Waals surface area (Å²) in [4.78, 5) is 12.4. The largest absolute Gasteiger partial charge is 0.489 e. The number of hydrogen-bond donors (Lipinski definition) is 1. The van der Waals surface area contributed by atoms with Crippen molar-refractivity contribution in [3.8, 4) is 11.8 Å². The van der Waals surface area contributed by atoms with Gasteiger partial charge in [-0.25, -0.2) is 0 Å². The lowest BCUT2D eigenvalue weighted by atomic mass is 10.1. The maximum absolute atomic E-state index is 12.4. The third kappa shape index (κ3) is 6.36. The molecule has 3 rings (SSSR count). The smallest absolute Gasteiger partial charge is 0.266 e. The van der Waals surface area contributed by atoms with Crippen LogP contribution in [0.2, 0.25) is 10.0 Å². The third-order valence-corrected chi connectivity index (χ3v) is 4.96. The molecule has 0 aliphatic heterocycles. The van der Waals surface area contributed by atoms with Crippen LogP contribution in [0.3, 0.4) is 0 Å². The minimum atomic E-state index is -0.550. The summed E-state index contributed by atoms with van der Waals surface area (Å²) < 4.78 is 6.77. The Morgan fingerprint density at radius 3 is 2.27 bits per heavy atom. The van der Waals surface area contributed by atoms with Gasteiger partial charge in [0.15, 0.2) is 0 Å². The molecule has 0 aromatic heterocycles. The Morgan fingerprint density at radius 1 is 1.03 bits per heavy atom.